The minimum atomic E-state index is -1.10. The number of carboxylic acids is 2. The summed E-state index contributed by atoms with van der Waals surface area (Å²) in [7, 11) is 0. The molecule has 0 unspecified atom stereocenters. The van der Waals surface area contributed by atoms with Crippen molar-refractivity contribution in [1.82, 2.24) is 0 Å². The van der Waals surface area contributed by atoms with Gasteiger partial charge in [-0.1, -0.05) is 53.4 Å². The zero-order chi connectivity index (χ0) is 24.8. The van der Waals surface area contributed by atoms with Crippen LogP contribution in [0.5, 0.6) is 0 Å². The van der Waals surface area contributed by atoms with Crippen molar-refractivity contribution in [2.45, 2.75) is 91.9 Å². The Bertz CT molecular complexity index is 567. The number of aliphatic carboxylic acids is 2. The molecule has 0 saturated heterocycles. The Balaban J connectivity index is 0. The fourth-order valence-electron chi connectivity index (χ4n) is 2.35. The number of carboxylic acid groups (broad SMARTS) is 2. The van der Waals surface area contributed by atoms with Crippen LogP contribution in [0.3, 0.4) is 0 Å². The fourth-order valence-corrected chi connectivity index (χ4v) is 2.35. The van der Waals surface area contributed by atoms with Crippen molar-refractivity contribution in [3.63, 3.8) is 0 Å². The lowest BCUT2D eigenvalue weighted by Crippen LogP contribution is -2.11. The normalized spacial score (nSPS) is 11.2. The monoisotopic (exact) mass is 456 g/mol. The Morgan fingerprint density at radius 2 is 0.906 bits per heavy atom. The minimum absolute atomic E-state index is 0.0720. The molecule has 0 aromatic heterocycles. The quantitative estimate of drug-likeness (QED) is 0.187. The van der Waals surface area contributed by atoms with Gasteiger partial charge in [-0.2, -0.15) is 0 Å². The average molecular weight is 457 g/mol. The standard InChI is InChI=1S/2C12H20O4/c1-3-5-9-15-11(13)7-8-12(14)16-10-6-4-2;1-3-5-7-9(11(13)14)10(12(15)16)8-6-4-2/h7-8H,3-6,9-10H2,1-2H3;3-8H2,1-2H3,(H,13,14)(H,15,16)/b;10-9-. The molecule has 32 heavy (non-hydrogen) atoms. The molecule has 8 heteroatoms. The molecule has 0 aromatic rings. The molecule has 0 bridgehead atoms. The molecule has 0 amide bonds. The largest absolute Gasteiger partial charge is 0.478 e. The Labute approximate surface area is 191 Å². The Morgan fingerprint density at radius 1 is 0.594 bits per heavy atom. The topological polar surface area (TPSA) is 127 Å². The van der Waals surface area contributed by atoms with Gasteiger partial charge in [0.05, 0.1) is 13.2 Å². The van der Waals surface area contributed by atoms with Gasteiger partial charge in [0.2, 0.25) is 0 Å². The van der Waals surface area contributed by atoms with E-state index in [9.17, 15) is 19.2 Å². The Morgan fingerprint density at radius 3 is 1.16 bits per heavy atom. The summed E-state index contributed by atoms with van der Waals surface area (Å²) in [5.41, 5.74) is 0.144. The first-order chi connectivity index (χ1) is 15.2. The molecule has 0 fully saturated rings. The van der Waals surface area contributed by atoms with E-state index in [2.05, 4.69) is 0 Å². The maximum atomic E-state index is 11.0. The smallest absolute Gasteiger partial charge is 0.332 e. The number of carbonyl (C=O) groups is 4. The summed E-state index contributed by atoms with van der Waals surface area (Å²) in [6.45, 7) is 8.70. The van der Waals surface area contributed by atoms with E-state index in [4.69, 9.17) is 19.7 Å². The molecular weight excluding hydrogens is 416 g/mol. The van der Waals surface area contributed by atoms with E-state index in [0.717, 1.165) is 50.7 Å². The summed E-state index contributed by atoms with van der Waals surface area (Å²) in [5.74, 6) is -3.19. The van der Waals surface area contributed by atoms with Gasteiger partial charge in [0, 0.05) is 23.3 Å². The molecule has 0 spiro atoms. The lowest BCUT2D eigenvalue weighted by atomic mass is 9.98. The predicted molar refractivity (Wildman–Crippen MR) is 122 cm³/mol. The van der Waals surface area contributed by atoms with Gasteiger partial charge in [0.1, 0.15) is 0 Å². The molecule has 8 nitrogen and oxygen atoms in total. The predicted octanol–water partition coefficient (Wildman–Crippen LogP) is 5.06. The number of hydrogen-bond acceptors (Lipinski definition) is 6. The van der Waals surface area contributed by atoms with Crippen molar-refractivity contribution >= 4 is 23.9 Å². The van der Waals surface area contributed by atoms with Gasteiger partial charge >= 0.3 is 23.9 Å². The summed E-state index contributed by atoms with van der Waals surface area (Å²) >= 11 is 0. The number of rotatable bonds is 16. The van der Waals surface area contributed by atoms with Crippen LogP contribution in [0.15, 0.2) is 23.3 Å². The van der Waals surface area contributed by atoms with Crippen LogP contribution in [0.2, 0.25) is 0 Å². The molecule has 0 atom stereocenters. The van der Waals surface area contributed by atoms with Crippen LogP contribution in [0.4, 0.5) is 0 Å². The zero-order valence-electron chi connectivity index (χ0n) is 20.0. The molecule has 0 aliphatic heterocycles. The average Bonchev–Trinajstić information content (AvgIpc) is 2.75. The number of ether oxygens (including phenoxy) is 2. The number of esters is 2. The second kappa shape index (κ2) is 21.6. The summed E-state index contributed by atoms with van der Waals surface area (Å²) in [5, 5.41) is 18.0. The molecule has 0 aliphatic carbocycles. The van der Waals surface area contributed by atoms with Crippen LogP contribution in [-0.4, -0.2) is 47.3 Å². The maximum Gasteiger partial charge on any atom is 0.332 e. The lowest BCUT2D eigenvalue weighted by Gasteiger charge is -2.08. The van der Waals surface area contributed by atoms with E-state index in [1.165, 1.54) is 0 Å². The van der Waals surface area contributed by atoms with Crippen molar-refractivity contribution in [3.05, 3.63) is 23.3 Å². The lowest BCUT2D eigenvalue weighted by molar-refractivity contribution is -0.140. The molecule has 0 aromatic carbocycles. The van der Waals surface area contributed by atoms with Crippen molar-refractivity contribution in [3.8, 4) is 0 Å². The summed E-state index contributed by atoms with van der Waals surface area (Å²) in [4.78, 5) is 44.1. The molecular formula is C24H40O8. The van der Waals surface area contributed by atoms with E-state index in [1.54, 1.807) is 0 Å². The highest BCUT2D eigenvalue weighted by molar-refractivity contribution is 5.98. The molecule has 184 valence electrons. The number of unbranched alkanes of at least 4 members (excludes halogenated alkanes) is 4. The van der Waals surface area contributed by atoms with Gasteiger partial charge in [-0.15, -0.1) is 0 Å². The molecule has 0 heterocycles. The Kier molecular flexibility index (Phi) is 21.3. The van der Waals surface area contributed by atoms with Crippen molar-refractivity contribution in [1.29, 1.82) is 0 Å². The fraction of sp³-hybridized carbons (Fsp3) is 0.667. The van der Waals surface area contributed by atoms with E-state index < -0.39 is 23.9 Å². The first-order valence-corrected chi connectivity index (χ1v) is 11.4. The van der Waals surface area contributed by atoms with Crippen LogP contribution in [-0.2, 0) is 28.7 Å². The molecule has 0 saturated carbocycles. The van der Waals surface area contributed by atoms with E-state index in [1.807, 2.05) is 27.7 Å². The van der Waals surface area contributed by atoms with Gasteiger partial charge in [-0.05, 0) is 38.5 Å². The van der Waals surface area contributed by atoms with Gasteiger partial charge in [-0.25, -0.2) is 19.2 Å². The minimum Gasteiger partial charge on any atom is -0.478 e. The third-order valence-electron chi connectivity index (χ3n) is 4.28. The van der Waals surface area contributed by atoms with Crippen LogP contribution < -0.4 is 0 Å². The first kappa shape index (κ1) is 31.5. The van der Waals surface area contributed by atoms with Gasteiger partial charge in [0.15, 0.2) is 0 Å². The van der Waals surface area contributed by atoms with Crippen molar-refractivity contribution in [2.75, 3.05) is 13.2 Å². The van der Waals surface area contributed by atoms with E-state index in [-0.39, 0.29) is 11.1 Å². The second-order valence-electron chi connectivity index (χ2n) is 7.15. The summed E-state index contributed by atoms with van der Waals surface area (Å²) in [6.07, 6.45) is 9.64. The highest BCUT2D eigenvalue weighted by Crippen LogP contribution is 2.18. The Hall–Kier alpha value is -2.64. The molecule has 0 radical (unpaired) electrons. The first-order valence-electron chi connectivity index (χ1n) is 11.4. The summed E-state index contributed by atoms with van der Waals surface area (Å²) in [6, 6.07) is 0. The van der Waals surface area contributed by atoms with Crippen LogP contribution in [0, 0.1) is 0 Å². The van der Waals surface area contributed by atoms with Gasteiger partial charge in [0.25, 0.3) is 0 Å². The van der Waals surface area contributed by atoms with E-state index >= 15 is 0 Å². The van der Waals surface area contributed by atoms with Crippen LogP contribution in [0.1, 0.15) is 91.9 Å². The summed E-state index contributed by atoms with van der Waals surface area (Å²) < 4.78 is 9.65. The van der Waals surface area contributed by atoms with Gasteiger partial charge < -0.3 is 19.7 Å². The number of carbonyl (C=O) groups excluding carboxylic acids is 2. The SMILES string of the molecule is CCCC/C(C(=O)O)=C(\CCCC)C(=O)O.CCCCOC(=O)C=CC(=O)OCCCC. The van der Waals surface area contributed by atoms with Crippen molar-refractivity contribution in [2.24, 2.45) is 0 Å². The van der Waals surface area contributed by atoms with E-state index in [0.29, 0.717) is 38.9 Å². The van der Waals surface area contributed by atoms with Crippen LogP contribution in [0.25, 0.3) is 0 Å². The molecule has 0 aliphatic rings. The van der Waals surface area contributed by atoms with Crippen molar-refractivity contribution < 1.29 is 38.9 Å². The van der Waals surface area contributed by atoms with Crippen LogP contribution >= 0.6 is 0 Å². The van der Waals surface area contributed by atoms with Gasteiger partial charge in [-0.3, -0.25) is 0 Å². The molecule has 0 rings (SSSR count). The zero-order valence-corrected chi connectivity index (χ0v) is 20.0. The third kappa shape index (κ3) is 18.2. The number of hydrogen-bond donors (Lipinski definition) is 2. The second-order valence-corrected chi connectivity index (χ2v) is 7.15. The maximum absolute atomic E-state index is 11.0. The third-order valence-corrected chi connectivity index (χ3v) is 4.28. The molecule has 2 N–H and O–H groups in total. The highest BCUT2D eigenvalue weighted by Gasteiger charge is 2.18. The highest BCUT2D eigenvalue weighted by atomic mass is 16.5.